The van der Waals surface area contributed by atoms with Crippen LogP contribution < -0.4 is 10.3 Å². The molecule has 0 fully saturated rings. The van der Waals surface area contributed by atoms with Crippen LogP contribution in [0, 0.1) is 0 Å². The lowest BCUT2D eigenvalue weighted by Crippen LogP contribution is -2.27. The number of aromatic nitrogens is 2. The molecule has 0 radical (unpaired) electrons. The normalized spacial score (nSPS) is 11.4. The summed E-state index contributed by atoms with van der Waals surface area (Å²) < 4.78 is 49.0. The average molecular weight is 425 g/mol. The van der Waals surface area contributed by atoms with Gasteiger partial charge < -0.3 is 14.0 Å². The Labute approximate surface area is 161 Å². The van der Waals surface area contributed by atoms with Crippen molar-refractivity contribution in [1.82, 2.24) is 9.55 Å². The van der Waals surface area contributed by atoms with Crippen molar-refractivity contribution in [1.29, 1.82) is 0 Å². The van der Waals surface area contributed by atoms with E-state index in [1.165, 1.54) is 12.1 Å². The van der Waals surface area contributed by atoms with Crippen LogP contribution in [-0.4, -0.2) is 28.7 Å². The van der Waals surface area contributed by atoms with Crippen molar-refractivity contribution in [2.24, 2.45) is 7.05 Å². The lowest BCUT2D eigenvalue weighted by atomic mass is 10.1. The van der Waals surface area contributed by atoms with Crippen molar-refractivity contribution in [2.45, 2.75) is 13.1 Å². The predicted molar refractivity (Wildman–Crippen MR) is 92.1 cm³/mol. The molecule has 1 aromatic heterocycles. The molecule has 0 amide bonds. The molecule has 1 heterocycles. The van der Waals surface area contributed by atoms with E-state index in [1.807, 2.05) is 0 Å². The number of esters is 1. The molecule has 2 rings (SSSR count). The highest BCUT2D eigenvalue weighted by atomic mass is 35.5. The van der Waals surface area contributed by atoms with Gasteiger partial charge in [-0.3, -0.25) is 4.79 Å². The van der Waals surface area contributed by atoms with Crippen LogP contribution in [0.4, 0.5) is 13.2 Å². The lowest BCUT2D eigenvalue weighted by Gasteiger charge is -2.14. The summed E-state index contributed by atoms with van der Waals surface area (Å²) in [5.74, 6) is -0.651. The Bertz CT molecular complexity index is 929. The molecule has 0 aliphatic heterocycles. The van der Waals surface area contributed by atoms with Crippen LogP contribution in [0.2, 0.25) is 10.0 Å². The largest absolute Gasteiger partial charge is 0.480 e. The standard InChI is InChI=1S/C16H13Cl2F3N2O4/c1-3-26-13(24)7-27-11-4-8(9(17)5-10(11)18)14-15(25)23(2)12(6-22-14)16(19,20)21/h4-6H,3,7H2,1-2H3. The first-order valence-corrected chi connectivity index (χ1v) is 8.22. The molecule has 27 heavy (non-hydrogen) atoms. The zero-order valence-electron chi connectivity index (χ0n) is 14.1. The molecule has 11 heteroatoms. The molecule has 0 atom stereocenters. The summed E-state index contributed by atoms with van der Waals surface area (Å²) in [5.41, 5.74) is -2.53. The molecule has 2 aromatic rings. The van der Waals surface area contributed by atoms with E-state index in [0.717, 1.165) is 7.05 Å². The van der Waals surface area contributed by atoms with Crippen LogP contribution in [-0.2, 0) is 22.8 Å². The summed E-state index contributed by atoms with van der Waals surface area (Å²) in [6.07, 6.45) is -4.21. The molecule has 0 aliphatic carbocycles. The number of alkyl halides is 3. The lowest BCUT2D eigenvalue weighted by molar-refractivity contribution is -0.145. The number of rotatable bonds is 5. The van der Waals surface area contributed by atoms with Gasteiger partial charge in [-0.05, 0) is 19.1 Å². The maximum atomic E-state index is 12.9. The molecule has 0 saturated heterocycles. The quantitative estimate of drug-likeness (QED) is 0.684. The van der Waals surface area contributed by atoms with Gasteiger partial charge >= 0.3 is 12.1 Å². The van der Waals surface area contributed by atoms with Crippen molar-refractivity contribution in [3.63, 3.8) is 0 Å². The number of ether oxygens (including phenoxy) is 2. The smallest absolute Gasteiger partial charge is 0.433 e. The second kappa shape index (κ2) is 8.18. The zero-order chi connectivity index (χ0) is 20.4. The summed E-state index contributed by atoms with van der Waals surface area (Å²) in [5, 5.41) is 0.0182. The third-order valence-electron chi connectivity index (χ3n) is 3.40. The second-order valence-electron chi connectivity index (χ2n) is 5.21. The summed E-state index contributed by atoms with van der Waals surface area (Å²) in [7, 11) is 0.971. The zero-order valence-corrected chi connectivity index (χ0v) is 15.6. The van der Waals surface area contributed by atoms with Gasteiger partial charge in [-0.2, -0.15) is 13.2 Å². The number of benzene rings is 1. The van der Waals surface area contributed by atoms with Gasteiger partial charge in [0.05, 0.1) is 22.8 Å². The Kier molecular flexibility index (Phi) is 6.38. The monoisotopic (exact) mass is 424 g/mol. The number of carbonyl (C=O) groups excluding carboxylic acids is 1. The van der Waals surface area contributed by atoms with Crippen molar-refractivity contribution in [2.75, 3.05) is 13.2 Å². The fourth-order valence-electron chi connectivity index (χ4n) is 2.14. The van der Waals surface area contributed by atoms with Gasteiger partial charge in [-0.25, -0.2) is 9.78 Å². The topological polar surface area (TPSA) is 70.4 Å². The van der Waals surface area contributed by atoms with E-state index in [0.29, 0.717) is 10.8 Å². The molecule has 6 nitrogen and oxygen atoms in total. The number of carbonyl (C=O) groups is 1. The second-order valence-corrected chi connectivity index (χ2v) is 6.02. The number of hydrogen-bond acceptors (Lipinski definition) is 5. The Hall–Kier alpha value is -2.26. The van der Waals surface area contributed by atoms with E-state index in [1.54, 1.807) is 6.92 Å². The van der Waals surface area contributed by atoms with Crippen LogP contribution in [0.15, 0.2) is 23.1 Å². The van der Waals surface area contributed by atoms with E-state index < -0.39 is 30.0 Å². The molecule has 0 spiro atoms. The number of hydrogen-bond donors (Lipinski definition) is 0. The van der Waals surface area contributed by atoms with Gasteiger partial charge in [0, 0.05) is 12.6 Å². The highest BCUT2D eigenvalue weighted by Crippen LogP contribution is 2.36. The summed E-state index contributed by atoms with van der Waals surface area (Å²) in [6.45, 7) is 1.33. The maximum Gasteiger partial charge on any atom is 0.433 e. The number of nitrogens with zero attached hydrogens (tertiary/aromatic N) is 2. The van der Waals surface area contributed by atoms with Crippen molar-refractivity contribution in [3.8, 4) is 17.0 Å². The SMILES string of the molecule is CCOC(=O)COc1cc(-c2ncc(C(F)(F)F)n(C)c2=O)c(Cl)cc1Cl. The summed E-state index contributed by atoms with van der Waals surface area (Å²) in [4.78, 5) is 27.3. The van der Waals surface area contributed by atoms with E-state index in [4.69, 9.17) is 32.7 Å². The third kappa shape index (κ3) is 4.72. The Balaban J connectivity index is 2.47. The highest BCUT2D eigenvalue weighted by molar-refractivity contribution is 6.37. The first-order valence-electron chi connectivity index (χ1n) is 7.47. The number of halogens is 5. The fourth-order valence-corrected chi connectivity index (χ4v) is 2.67. The third-order valence-corrected chi connectivity index (χ3v) is 4.01. The molecule has 0 aliphatic rings. The van der Waals surface area contributed by atoms with E-state index in [9.17, 15) is 22.8 Å². The Morgan fingerprint density at radius 1 is 1.26 bits per heavy atom. The van der Waals surface area contributed by atoms with Gasteiger partial charge in [-0.15, -0.1) is 0 Å². The molecule has 0 bridgehead atoms. The van der Waals surface area contributed by atoms with Gasteiger partial charge in [0.2, 0.25) is 0 Å². The van der Waals surface area contributed by atoms with Crippen LogP contribution in [0.3, 0.4) is 0 Å². The molecule has 0 saturated carbocycles. The van der Waals surface area contributed by atoms with Crippen LogP contribution in [0.25, 0.3) is 11.3 Å². The molecule has 0 unspecified atom stereocenters. The predicted octanol–water partition coefficient (Wildman–Crippen LogP) is 3.71. The van der Waals surface area contributed by atoms with Crippen molar-refractivity contribution >= 4 is 29.2 Å². The molecule has 0 N–H and O–H groups in total. The molecular weight excluding hydrogens is 412 g/mol. The average Bonchev–Trinajstić information content (AvgIpc) is 2.56. The van der Waals surface area contributed by atoms with Crippen molar-refractivity contribution < 1.29 is 27.4 Å². The minimum absolute atomic E-state index is 0.00660. The molecular formula is C16H13Cl2F3N2O4. The van der Waals surface area contributed by atoms with Gasteiger partial charge in [0.25, 0.3) is 5.56 Å². The Morgan fingerprint density at radius 3 is 2.52 bits per heavy atom. The van der Waals surface area contributed by atoms with Crippen molar-refractivity contribution in [3.05, 3.63) is 44.4 Å². The van der Waals surface area contributed by atoms with Gasteiger partial charge in [0.15, 0.2) is 6.61 Å². The minimum atomic E-state index is -4.74. The fraction of sp³-hybridized carbons (Fsp3) is 0.312. The maximum absolute atomic E-state index is 12.9. The first kappa shape index (κ1) is 21.0. The van der Waals surface area contributed by atoms with Crippen LogP contribution in [0.5, 0.6) is 5.75 Å². The summed E-state index contributed by atoms with van der Waals surface area (Å²) >= 11 is 12.1. The van der Waals surface area contributed by atoms with E-state index in [2.05, 4.69) is 4.98 Å². The minimum Gasteiger partial charge on any atom is -0.480 e. The van der Waals surface area contributed by atoms with Crippen LogP contribution >= 0.6 is 23.2 Å². The van der Waals surface area contributed by atoms with Gasteiger partial charge in [0.1, 0.15) is 17.1 Å². The van der Waals surface area contributed by atoms with E-state index in [-0.39, 0.29) is 33.7 Å². The highest BCUT2D eigenvalue weighted by Gasteiger charge is 2.34. The van der Waals surface area contributed by atoms with Gasteiger partial charge in [-0.1, -0.05) is 23.2 Å². The molecule has 146 valence electrons. The molecule has 1 aromatic carbocycles. The van der Waals surface area contributed by atoms with E-state index >= 15 is 0 Å². The first-order chi connectivity index (χ1) is 12.6. The Morgan fingerprint density at radius 2 is 1.93 bits per heavy atom. The summed E-state index contributed by atoms with van der Waals surface area (Å²) in [6, 6.07) is 2.46. The van der Waals surface area contributed by atoms with Crippen LogP contribution in [0.1, 0.15) is 12.6 Å².